The van der Waals surface area contributed by atoms with E-state index in [-0.39, 0.29) is 0 Å². The SMILES string of the molecule is CSCCN(C)c1cc(Nc2cc(C)[nH]n2)nc(-c2cccc3c2OCCC3)n1. The maximum atomic E-state index is 6.00. The van der Waals surface area contributed by atoms with Crippen LogP contribution >= 0.6 is 11.8 Å². The van der Waals surface area contributed by atoms with Gasteiger partial charge >= 0.3 is 0 Å². The van der Waals surface area contributed by atoms with Gasteiger partial charge in [-0.2, -0.15) is 16.9 Å². The molecule has 3 heterocycles. The molecule has 0 spiro atoms. The number of ether oxygens (including phenoxy) is 1. The van der Waals surface area contributed by atoms with Gasteiger partial charge < -0.3 is 15.0 Å². The van der Waals surface area contributed by atoms with Crippen LogP contribution in [0.4, 0.5) is 17.5 Å². The summed E-state index contributed by atoms with van der Waals surface area (Å²) in [5.41, 5.74) is 3.14. The summed E-state index contributed by atoms with van der Waals surface area (Å²) in [5.74, 6) is 4.90. The predicted molar refractivity (Wildman–Crippen MR) is 120 cm³/mol. The number of anilines is 3. The zero-order chi connectivity index (χ0) is 20.2. The van der Waals surface area contributed by atoms with Crippen LogP contribution in [0.15, 0.2) is 30.3 Å². The van der Waals surface area contributed by atoms with E-state index in [1.165, 1.54) is 5.56 Å². The minimum Gasteiger partial charge on any atom is -0.493 e. The topological polar surface area (TPSA) is 79.0 Å². The van der Waals surface area contributed by atoms with Crippen molar-refractivity contribution in [3.63, 3.8) is 0 Å². The van der Waals surface area contributed by atoms with Crippen LogP contribution in [0.25, 0.3) is 11.4 Å². The van der Waals surface area contributed by atoms with Gasteiger partial charge in [0.15, 0.2) is 11.6 Å². The van der Waals surface area contributed by atoms with Gasteiger partial charge in [0.1, 0.15) is 17.4 Å². The number of rotatable bonds is 7. The highest BCUT2D eigenvalue weighted by molar-refractivity contribution is 7.98. The van der Waals surface area contributed by atoms with Gasteiger partial charge in [0.05, 0.1) is 12.2 Å². The summed E-state index contributed by atoms with van der Waals surface area (Å²) in [7, 11) is 2.06. The summed E-state index contributed by atoms with van der Waals surface area (Å²) in [6.07, 6.45) is 4.17. The molecule has 0 aliphatic carbocycles. The molecule has 0 amide bonds. The largest absolute Gasteiger partial charge is 0.493 e. The van der Waals surface area contributed by atoms with Crippen molar-refractivity contribution in [2.24, 2.45) is 0 Å². The number of hydrogen-bond donors (Lipinski definition) is 2. The van der Waals surface area contributed by atoms with E-state index in [2.05, 4.69) is 45.9 Å². The maximum Gasteiger partial charge on any atom is 0.167 e. The second-order valence-electron chi connectivity index (χ2n) is 7.16. The molecule has 0 radical (unpaired) electrons. The smallest absolute Gasteiger partial charge is 0.167 e. The van der Waals surface area contributed by atoms with Crippen LogP contribution in [0, 0.1) is 6.92 Å². The van der Waals surface area contributed by atoms with E-state index < -0.39 is 0 Å². The fraction of sp³-hybridized carbons (Fsp3) is 0.381. The average molecular weight is 411 g/mol. The Hall–Kier alpha value is -2.74. The van der Waals surface area contributed by atoms with E-state index in [1.54, 1.807) is 0 Å². The van der Waals surface area contributed by atoms with E-state index in [1.807, 2.05) is 36.9 Å². The van der Waals surface area contributed by atoms with Crippen LogP contribution in [0.1, 0.15) is 17.7 Å². The molecule has 1 aromatic carbocycles. The first kappa shape index (κ1) is 19.6. The van der Waals surface area contributed by atoms with Crippen molar-refractivity contribution in [3.05, 3.63) is 41.6 Å². The predicted octanol–water partition coefficient (Wildman–Crippen LogP) is 4.04. The van der Waals surface area contributed by atoms with Crippen molar-refractivity contribution in [3.8, 4) is 17.1 Å². The Morgan fingerprint density at radius 1 is 1.24 bits per heavy atom. The van der Waals surface area contributed by atoms with Crippen molar-refractivity contribution < 1.29 is 4.74 Å². The number of nitrogens with zero attached hydrogens (tertiary/aromatic N) is 4. The van der Waals surface area contributed by atoms with Crippen LogP contribution in [-0.2, 0) is 6.42 Å². The number of thioether (sulfide) groups is 1. The molecule has 0 saturated carbocycles. The lowest BCUT2D eigenvalue weighted by Crippen LogP contribution is -2.22. The molecule has 1 aliphatic heterocycles. The quantitative estimate of drug-likeness (QED) is 0.608. The number of benzene rings is 1. The molecule has 7 nitrogen and oxygen atoms in total. The molecule has 4 rings (SSSR count). The molecular weight excluding hydrogens is 384 g/mol. The lowest BCUT2D eigenvalue weighted by molar-refractivity contribution is 0.289. The molecule has 1 aliphatic rings. The van der Waals surface area contributed by atoms with Crippen LogP contribution < -0.4 is 15.0 Å². The van der Waals surface area contributed by atoms with Gasteiger partial charge in [-0.05, 0) is 37.7 Å². The second-order valence-corrected chi connectivity index (χ2v) is 8.14. The average Bonchev–Trinajstić information content (AvgIpc) is 3.15. The molecule has 2 aromatic heterocycles. The van der Waals surface area contributed by atoms with Gasteiger partial charge in [0.25, 0.3) is 0 Å². The Labute approximate surface area is 175 Å². The third kappa shape index (κ3) is 4.48. The number of H-pyrrole nitrogens is 1. The number of hydrogen-bond acceptors (Lipinski definition) is 7. The van der Waals surface area contributed by atoms with Crippen molar-refractivity contribution in [1.29, 1.82) is 0 Å². The minimum atomic E-state index is 0.659. The van der Waals surface area contributed by atoms with Gasteiger partial charge in [-0.15, -0.1) is 0 Å². The van der Waals surface area contributed by atoms with Gasteiger partial charge in [-0.25, -0.2) is 9.97 Å². The van der Waals surface area contributed by atoms with E-state index in [0.29, 0.717) is 11.6 Å². The number of nitrogens with one attached hydrogen (secondary N) is 2. The third-order valence-electron chi connectivity index (χ3n) is 4.87. The van der Waals surface area contributed by atoms with Crippen LogP contribution in [-0.4, -0.2) is 52.4 Å². The summed E-state index contributed by atoms with van der Waals surface area (Å²) >= 11 is 1.82. The molecule has 0 bridgehead atoms. The van der Waals surface area contributed by atoms with Gasteiger partial charge in [0.2, 0.25) is 0 Å². The standard InChI is InChI=1S/C21H26N6OS/c1-14-12-18(26-25-14)22-17-13-19(27(2)9-11-29-3)24-21(23-17)16-8-4-6-15-7-5-10-28-20(15)16/h4,6,8,12-13H,5,7,9-11H2,1-3H3,(H2,22,23,24,25,26). The molecule has 152 valence electrons. The first-order chi connectivity index (χ1) is 14.1. The fourth-order valence-corrected chi connectivity index (χ4v) is 3.79. The zero-order valence-electron chi connectivity index (χ0n) is 17.0. The van der Waals surface area contributed by atoms with Crippen molar-refractivity contribution >= 4 is 29.2 Å². The van der Waals surface area contributed by atoms with E-state index in [4.69, 9.17) is 14.7 Å². The van der Waals surface area contributed by atoms with E-state index >= 15 is 0 Å². The molecule has 0 atom stereocenters. The van der Waals surface area contributed by atoms with Gasteiger partial charge in [-0.3, -0.25) is 5.10 Å². The normalized spacial score (nSPS) is 12.9. The third-order valence-corrected chi connectivity index (χ3v) is 5.46. The zero-order valence-corrected chi connectivity index (χ0v) is 17.8. The molecule has 0 fully saturated rings. The van der Waals surface area contributed by atoms with Gasteiger partial charge in [0, 0.05) is 37.2 Å². The summed E-state index contributed by atoms with van der Waals surface area (Å²) in [5, 5.41) is 10.5. The maximum absolute atomic E-state index is 6.00. The summed E-state index contributed by atoms with van der Waals surface area (Å²) in [6.45, 7) is 3.61. The number of aromatic nitrogens is 4. The van der Waals surface area contributed by atoms with Crippen molar-refractivity contribution in [2.45, 2.75) is 19.8 Å². The van der Waals surface area contributed by atoms with E-state index in [9.17, 15) is 0 Å². The number of fused-ring (bicyclic) bond motifs is 1. The minimum absolute atomic E-state index is 0.659. The van der Waals surface area contributed by atoms with Crippen molar-refractivity contribution in [1.82, 2.24) is 20.2 Å². The number of aromatic amines is 1. The summed E-state index contributed by atoms with van der Waals surface area (Å²) in [4.78, 5) is 11.8. The molecule has 29 heavy (non-hydrogen) atoms. The van der Waals surface area contributed by atoms with Crippen LogP contribution in [0.2, 0.25) is 0 Å². The first-order valence-electron chi connectivity index (χ1n) is 9.77. The Bertz CT molecular complexity index is 989. The lowest BCUT2D eigenvalue weighted by atomic mass is 10.0. The van der Waals surface area contributed by atoms with Gasteiger partial charge in [-0.1, -0.05) is 12.1 Å². The fourth-order valence-electron chi connectivity index (χ4n) is 3.34. The highest BCUT2D eigenvalue weighted by Gasteiger charge is 2.19. The Morgan fingerprint density at radius 2 is 2.14 bits per heavy atom. The lowest BCUT2D eigenvalue weighted by Gasteiger charge is -2.22. The van der Waals surface area contributed by atoms with Crippen LogP contribution in [0.5, 0.6) is 5.75 Å². The molecule has 2 N–H and O–H groups in total. The Balaban J connectivity index is 1.75. The molecular formula is C21H26N6OS. The van der Waals surface area contributed by atoms with Crippen molar-refractivity contribution in [2.75, 3.05) is 42.4 Å². The second kappa shape index (κ2) is 8.73. The summed E-state index contributed by atoms with van der Waals surface area (Å²) in [6, 6.07) is 10.1. The molecule has 3 aromatic rings. The highest BCUT2D eigenvalue weighted by atomic mass is 32.2. The molecule has 8 heteroatoms. The number of aryl methyl sites for hydroxylation is 2. The first-order valence-corrected chi connectivity index (χ1v) is 11.2. The van der Waals surface area contributed by atoms with E-state index in [0.717, 1.165) is 60.4 Å². The Kier molecular flexibility index (Phi) is 5.89. The highest BCUT2D eigenvalue weighted by Crippen LogP contribution is 2.36. The monoisotopic (exact) mass is 410 g/mol. The molecule has 0 unspecified atom stereocenters. The summed E-state index contributed by atoms with van der Waals surface area (Å²) < 4.78 is 6.00. The molecule has 0 saturated heterocycles. The number of para-hydroxylation sites is 1. The Morgan fingerprint density at radius 3 is 2.93 bits per heavy atom. The van der Waals surface area contributed by atoms with Crippen LogP contribution in [0.3, 0.4) is 0 Å².